The maximum absolute atomic E-state index is 12.3. The molecule has 3 aromatic carbocycles. The number of nitrogens with zero attached hydrogens (tertiary/aromatic N) is 1. The fourth-order valence-electron chi connectivity index (χ4n) is 2.90. The van der Waals surface area contributed by atoms with Crippen LogP contribution in [-0.4, -0.2) is 24.1 Å². The predicted molar refractivity (Wildman–Crippen MR) is 114 cm³/mol. The SMILES string of the molecule is CSc1ccc(CN(C)Cc2ccc(C(=O)Nc3ccccc3)cc2)cc1. The van der Waals surface area contributed by atoms with Crippen LogP contribution in [0.15, 0.2) is 83.8 Å². The largest absolute Gasteiger partial charge is 0.322 e. The van der Waals surface area contributed by atoms with Crippen molar-refractivity contribution < 1.29 is 4.79 Å². The summed E-state index contributed by atoms with van der Waals surface area (Å²) in [6, 6.07) is 26.0. The Kier molecular flexibility index (Phi) is 6.69. The Morgan fingerprint density at radius 1 is 0.852 bits per heavy atom. The predicted octanol–water partition coefficient (Wildman–Crippen LogP) is 5.29. The average Bonchev–Trinajstić information content (AvgIpc) is 2.70. The smallest absolute Gasteiger partial charge is 0.255 e. The lowest BCUT2D eigenvalue weighted by Gasteiger charge is -2.17. The monoisotopic (exact) mass is 376 g/mol. The van der Waals surface area contributed by atoms with Gasteiger partial charge in [0.15, 0.2) is 0 Å². The Labute approximate surface area is 165 Å². The Hall–Kier alpha value is -2.56. The molecule has 0 saturated carbocycles. The van der Waals surface area contributed by atoms with Crippen LogP contribution in [0.25, 0.3) is 0 Å². The zero-order valence-electron chi connectivity index (χ0n) is 15.7. The Bertz CT molecular complexity index is 861. The van der Waals surface area contributed by atoms with Crippen LogP contribution < -0.4 is 5.32 Å². The van der Waals surface area contributed by atoms with Crippen LogP contribution in [0, 0.1) is 0 Å². The van der Waals surface area contributed by atoms with Crippen LogP contribution >= 0.6 is 11.8 Å². The molecule has 0 aliphatic heterocycles. The first kappa shape index (κ1) is 19.2. The Morgan fingerprint density at radius 2 is 1.41 bits per heavy atom. The number of carbonyl (C=O) groups excluding carboxylic acids is 1. The molecule has 3 nitrogen and oxygen atoms in total. The van der Waals surface area contributed by atoms with E-state index in [9.17, 15) is 4.79 Å². The minimum absolute atomic E-state index is 0.0880. The van der Waals surface area contributed by atoms with E-state index >= 15 is 0 Å². The molecule has 0 unspecified atom stereocenters. The quantitative estimate of drug-likeness (QED) is 0.569. The number of para-hydroxylation sites is 1. The van der Waals surface area contributed by atoms with Crippen LogP contribution in [0.3, 0.4) is 0 Å². The standard InChI is InChI=1S/C23H24N2OS/c1-25(17-19-10-14-22(27-2)15-11-19)16-18-8-12-20(13-9-18)23(26)24-21-6-4-3-5-7-21/h3-15H,16-17H2,1-2H3,(H,24,26). The summed E-state index contributed by atoms with van der Waals surface area (Å²) in [4.78, 5) is 15.9. The lowest BCUT2D eigenvalue weighted by Crippen LogP contribution is -2.17. The molecule has 3 aromatic rings. The first-order chi connectivity index (χ1) is 13.1. The number of benzene rings is 3. The molecular formula is C23H24N2OS. The summed E-state index contributed by atoms with van der Waals surface area (Å²) in [5, 5.41) is 2.91. The van der Waals surface area contributed by atoms with Gasteiger partial charge >= 0.3 is 0 Å². The minimum Gasteiger partial charge on any atom is -0.322 e. The van der Waals surface area contributed by atoms with Gasteiger partial charge in [0.2, 0.25) is 0 Å². The van der Waals surface area contributed by atoms with E-state index in [1.807, 2.05) is 54.6 Å². The summed E-state index contributed by atoms with van der Waals surface area (Å²) in [6.07, 6.45) is 2.09. The Morgan fingerprint density at radius 3 is 1.96 bits per heavy atom. The lowest BCUT2D eigenvalue weighted by molar-refractivity contribution is 0.102. The molecule has 138 valence electrons. The molecule has 0 aliphatic rings. The number of hydrogen-bond donors (Lipinski definition) is 1. The number of nitrogens with one attached hydrogen (secondary N) is 1. The van der Waals surface area contributed by atoms with E-state index in [1.54, 1.807) is 11.8 Å². The molecule has 3 rings (SSSR count). The van der Waals surface area contributed by atoms with Gasteiger partial charge in [-0.3, -0.25) is 9.69 Å². The fourth-order valence-corrected chi connectivity index (χ4v) is 3.30. The Balaban J connectivity index is 1.55. The summed E-state index contributed by atoms with van der Waals surface area (Å²) < 4.78 is 0. The van der Waals surface area contributed by atoms with E-state index in [0.717, 1.165) is 18.8 Å². The average molecular weight is 377 g/mol. The van der Waals surface area contributed by atoms with Crippen LogP contribution in [-0.2, 0) is 13.1 Å². The third-order valence-electron chi connectivity index (χ3n) is 4.31. The van der Waals surface area contributed by atoms with Crippen LogP contribution in [0.2, 0.25) is 0 Å². The second-order valence-corrected chi connectivity index (χ2v) is 7.42. The van der Waals surface area contributed by atoms with Gasteiger partial charge in [-0.15, -0.1) is 11.8 Å². The number of anilines is 1. The number of carbonyl (C=O) groups is 1. The van der Waals surface area contributed by atoms with Crippen molar-refractivity contribution in [2.45, 2.75) is 18.0 Å². The second kappa shape index (κ2) is 9.40. The molecule has 0 aliphatic carbocycles. The number of rotatable bonds is 7. The highest BCUT2D eigenvalue weighted by Crippen LogP contribution is 2.16. The van der Waals surface area contributed by atoms with Crippen LogP contribution in [0.4, 0.5) is 5.69 Å². The molecule has 1 N–H and O–H groups in total. The van der Waals surface area contributed by atoms with Gasteiger partial charge in [-0.1, -0.05) is 42.5 Å². The van der Waals surface area contributed by atoms with Gasteiger partial charge in [-0.05, 0) is 60.8 Å². The zero-order chi connectivity index (χ0) is 19.1. The highest BCUT2D eigenvalue weighted by molar-refractivity contribution is 7.98. The molecule has 0 bridgehead atoms. The van der Waals surface area contributed by atoms with E-state index < -0.39 is 0 Å². The van der Waals surface area contributed by atoms with E-state index in [4.69, 9.17) is 0 Å². The topological polar surface area (TPSA) is 32.3 Å². The van der Waals surface area contributed by atoms with E-state index in [1.165, 1.54) is 16.0 Å². The molecule has 27 heavy (non-hydrogen) atoms. The second-order valence-electron chi connectivity index (χ2n) is 6.54. The zero-order valence-corrected chi connectivity index (χ0v) is 16.5. The van der Waals surface area contributed by atoms with Crippen molar-refractivity contribution in [3.05, 3.63) is 95.6 Å². The van der Waals surface area contributed by atoms with Crippen molar-refractivity contribution in [1.82, 2.24) is 4.90 Å². The van der Waals surface area contributed by atoms with Crippen molar-refractivity contribution in [2.75, 3.05) is 18.6 Å². The normalized spacial score (nSPS) is 10.8. The van der Waals surface area contributed by atoms with Gasteiger partial charge in [-0.25, -0.2) is 0 Å². The van der Waals surface area contributed by atoms with Crippen molar-refractivity contribution in [2.24, 2.45) is 0 Å². The van der Waals surface area contributed by atoms with Crippen molar-refractivity contribution in [3.63, 3.8) is 0 Å². The number of hydrogen-bond acceptors (Lipinski definition) is 3. The first-order valence-electron chi connectivity index (χ1n) is 8.91. The molecule has 0 aromatic heterocycles. The van der Waals surface area contributed by atoms with Crippen LogP contribution in [0.5, 0.6) is 0 Å². The van der Waals surface area contributed by atoms with Gasteiger partial charge in [0.05, 0.1) is 0 Å². The highest BCUT2D eigenvalue weighted by Gasteiger charge is 2.07. The fraction of sp³-hybridized carbons (Fsp3) is 0.174. The van der Waals surface area contributed by atoms with E-state index in [0.29, 0.717) is 5.56 Å². The van der Waals surface area contributed by atoms with Crippen molar-refractivity contribution in [1.29, 1.82) is 0 Å². The molecule has 0 spiro atoms. The van der Waals surface area contributed by atoms with Gasteiger partial charge in [0.1, 0.15) is 0 Å². The third-order valence-corrected chi connectivity index (χ3v) is 5.06. The summed E-state index contributed by atoms with van der Waals surface area (Å²) in [5.74, 6) is -0.0880. The molecule has 0 fully saturated rings. The minimum atomic E-state index is -0.0880. The van der Waals surface area contributed by atoms with Gasteiger partial charge < -0.3 is 5.32 Å². The summed E-state index contributed by atoms with van der Waals surface area (Å²) in [7, 11) is 2.11. The molecule has 0 radical (unpaired) electrons. The number of thioether (sulfide) groups is 1. The maximum Gasteiger partial charge on any atom is 0.255 e. The van der Waals surface area contributed by atoms with Gasteiger partial charge in [-0.2, -0.15) is 0 Å². The third kappa shape index (κ3) is 5.71. The molecule has 0 saturated heterocycles. The highest BCUT2D eigenvalue weighted by atomic mass is 32.2. The van der Waals surface area contributed by atoms with E-state index in [2.05, 4.69) is 47.8 Å². The summed E-state index contributed by atoms with van der Waals surface area (Å²) in [6.45, 7) is 1.73. The lowest BCUT2D eigenvalue weighted by atomic mass is 10.1. The molecular weight excluding hydrogens is 352 g/mol. The summed E-state index contributed by atoms with van der Waals surface area (Å²) in [5.41, 5.74) is 3.96. The van der Waals surface area contributed by atoms with E-state index in [-0.39, 0.29) is 5.91 Å². The first-order valence-corrected chi connectivity index (χ1v) is 10.1. The van der Waals surface area contributed by atoms with Crippen LogP contribution in [0.1, 0.15) is 21.5 Å². The van der Waals surface area contributed by atoms with Gasteiger partial charge in [0.25, 0.3) is 5.91 Å². The molecule has 0 heterocycles. The molecule has 4 heteroatoms. The van der Waals surface area contributed by atoms with Gasteiger partial charge in [0, 0.05) is 29.2 Å². The van der Waals surface area contributed by atoms with Crippen molar-refractivity contribution in [3.8, 4) is 0 Å². The number of amides is 1. The maximum atomic E-state index is 12.3. The van der Waals surface area contributed by atoms with Crippen molar-refractivity contribution >= 4 is 23.4 Å². The summed E-state index contributed by atoms with van der Waals surface area (Å²) >= 11 is 1.76. The molecule has 1 amide bonds. The molecule has 0 atom stereocenters.